The minimum atomic E-state index is -3.00. The van der Waals surface area contributed by atoms with E-state index < -0.39 is 15.7 Å². The lowest BCUT2D eigenvalue weighted by molar-refractivity contribution is 0.412. The Morgan fingerprint density at radius 3 is 2.72 bits per heavy atom. The summed E-state index contributed by atoms with van der Waals surface area (Å²) in [5, 5.41) is 20.9. The molecule has 0 saturated carbocycles. The maximum Gasteiger partial charge on any atom is 0.153 e. The van der Waals surface area contributed by atoms with Crippen LogP contribution in [0.15, 0.2) is 42.5 Å². The number of hydrogen-bond acceptors (Lipinski definition) is 8. The fourth-order valence-corrected chi connectivity index (χ4v) is 6.38. The van der Waals surface area contributed by atoms with Crippen LogP contribution in [0.5, 0.6) is 5.75 Å². The second-order valence-electron chi connectivity index (χ2n) is 10.1. The first kappa shape index (κ1) is 27.0. The molecule has 2 N–H and O–H groups in total. The summed E-state index contributed by atoms with van der Waals surface area (Å²) in [5.74, 6) is 1.40. The molecule has 2 saturated heterocycles. The molecule has 2 fully saturated rings. The smallest absolute Gasteiger partial charge is 0.153 e. The van der Waals surface area contributed by atoms with Gasteiger partial charge in [-0.1, -0.05) is 6.07 Å². The van der Waals surface area contributed by atoms with E-state index in [1.165, 1.54) is 12.1 Å². The SMILES string of the molecule is COc1cc(N2CCS(=O)(=O)CC2)ccc1-n1nc(NCC2CCCNCC2)cc1-c1ccc(C#N)c(F)c1. The molecule has 0 amide bonds. The summed E-state index contributed by atoms with van der Waals surface area (Å²) < 4.78 is 45.9. The molecule has 0 bridgehead atoms. The van der Waals surface area contributed by atoms with Gasteiger partial charge in [-0.2, -0.15) is 5.26 Å². The van der Waals surface area contributed by atoms with Crippen molar-refractivity contribution < 1.29 is 17.5 Å². The second-order valence-corrected chi connectivity index (χ2v) is 12.4. The Kier molecular flexibility index (Phi) is 8.04. The minimum absolute atomic E-state index is 0.0179. The molecule has 0 aliphatic carbocycles. The van der Waals surface area contributed by atoms with Gasteiger partial charge in [-0.15, -0.1) is 5.10 Å². The zero-order valence-electron chi connectivity index (χ0n) is 22.0. The van der Waals surface area contributed by atoms with Crippen LogP contribution >= 0.6 is 0 Å². The van der Waals surface area contributed by atoms with Gasteiger partial charge in [0.15, 0.2) is 9.84 Å². The average Bonchev–Trinajstić information content (AvgIpc) is 3.18. The molecule has 0 radical (unpaired) electrons. The molecule has 2 aliphatic rings. The number of methoxy groups -OCH3 is 1. The van der Waals surface area contributed by atoms with Crippen molar-refractivity contribution in [3.05, 3.63) is 53.8 Å². The lowest BCUT2D eigenvalue weighted by atomic mass is 10.0. The Balaban J connectivity index is 1.49. The van der Waals surface area contributed by atoms with Gasteiger partial charge in [0.2, 0.25) is 0 Å². The molecule has 5 rings (SSSR count). The maximum atomic E-state index is 14.6. The van der Waals surface area contributed by atoms with E-state index in [0.717, 1.165) is 44.6 Å². The fourth-order valence-electron chi connectivity index (χ4n) is 5.17. The molecular weight excluding hydrogens is 519 g/mol. The predicted octanol–water partition coefficient (Wildman–Crippen LogP) is 3.60. The maximum absolute atomic E-state index is 14.6. The van der Waals surface area contributed by atoms with E-state index in [1.807, 2.05) is 35.2 Å². The number of nitrogens with zero attached hydrogens (tertiary/aromatic N) is 4. The van der Waals surface area contributed by atoms with Gasteiger partial charge in [0.05, 0.1) is 29.9 Å². The van der Waals surface area contributed by atoms with Crippen molar-refractivity contribution in [3.8, 4) is 28.8 Å². The van der Waals surface area contributed by atoms with E-state index in [-0.39, 0.29) is 17.1 Å². The second kappa shape index (κ2) is 11.6. The highest BCUT2D eigenvalue weighted by Crippen LogP contribution is 2.34. The summed E-state index contributed by atoms with van der Waals surface area (Å²) in [5.41, 5.74) is 2.74. The largest absolute Gasteiger partial charge is 0.494 e. The molecule has 9 nitrogen and oxygen atoms in total. The van der Waals surface area contributed by atoms with Crippen molar-refractivity contribution in [1.29, 1.82) is 5.26 Å². The van der Waals surface area contributed by atoms with Crippen LogP contribution in [-0.4, -0.2) is 69.5 Å². The summed E-state index contributed by atoms with van der Waals surface area (Å²) >= 11 is 0. The molecular formula is C28H33FN6O3S. The van der Waals surface area contributed by atoms with Crippen molar-refractivity contribution in [2.24, 2.45) is 5.92 Å². The third-order valence-electron chi connectivity index (χ3n) is 7.46. The van der Waals surface area contributed by atoms with Gasteiger partial charge >= 0.3 is 0 Å². The van der Waals surface area contributed by atoms with E-state index in [4.69, 9.17) is 9.84 Å². The van der Waals surface area contributed by atoms with Gasteiger partial charge in [0.1, 0.15) is 29.1 Å². The molecule has 3 heterocycles. The molecule has 0 spiro atoms. The predicted molar refractivity (Wildman–Crippen MR) is 150 cm³/mol. The van der Waals surface area contributed by atoms with Gasteiger partial charge in [-0.05, 0) is 62.5 Å². The van der Waals surface area contributed by atoms with E-state index in [9.17, 15) is 18.1 Å². The summed E-state index contributed by atoms with van der Waals surface area (Å²) in [4.78, 5) is 2.03. The van der Waals surface area contributed by atoms with Gasteiger partial charge in [-0.25, -0.2) is 17.5 Å². The van der Waals surface area contributed by atoms with Crippen molar-refractivity contribution in [2.75, 3.05) is 61.6 Å². The zero-order chi connectivity index (χ0) is 27.4. The van der Waals surface area contributed by atoms with Crippen LogP contribution in [0.25, 0.3) is 16.9 Å². The normalized spacial score (nSPS) is 19.2. The number of hydrogen-bond donors (Lipinski definition) is 2. The third-order valence-corrected chi connectivity index (χ3v) is 9.07. The number of benzene rings is 2. The first-order valence-corrected chi connectivity index (χ1v) is 15.1. The molecule has 11 heteroatoms. The molecule has 2 aliphatic heterocycles. The monoisotopic (exact) mass is 552 g/mol. The Labute approximate surface area is 228 Å². The highest BCUT2D eigenvalue weighted by atomic mass is 32.2. The lowest BCUT2D eigenvalue weighted by Gasteiger charge is -2.29. The molecule has 3 aromatic rings. The third kappa shape index (κ3) is 6.18. The Morgan fingerprint density at radius 2 is 1.97 bits per heavy atom. The number of nitrogens with one attached hydrogen (secondary N) is 2. The molecule has 2 aromatic carbocycles. The number of sulfone groups is 1. The number of aromatic nitrogens is 2. The Morgan fingerprint density at radius 1 is 1.15 bits per heavy atom. The fraction of sp³-hybridized carbons (Fsp3) is 0.429. The Bertz CT molecular complexity index is 1460. The van der Waals surface area contributed by atoms with E-state index in [2.05, 4.69) is 10.6 Å². The van der Waals surface area contributed by atoms with Crippen molar-refractivity contribution >= 4 is 21.3 Å². The highest BCUT2D eigenvalue weighted by Gasteiger charge is 2.24. The average molecular weight is 553 g/mol. The highest BCUT2D eigenvalue weighted by molar-refractivity contribution is 7.91. The van der Waals surface area contributed by atoms with Gasteiger partial charge in [0.25, 0.3) is 0 Å². The summed E-state index contributed by atoms with van der Waals surface area (Å²) in [6.45, 7) is 3.68. The first-order valence-electron chi connectivity index (χ1n) is 13.3. The van der Waals surface area contributed by atoms with E-state index in [1.54, 1.807) is 17.9 Å². The number of nitriles is 1. The summed E-state index contributed by atoms with van der Waals surface area (Å²) in [6.07, 6.45) is 3.37. The molecule has 206 valence electrons. The molecule has 39 heavy (non-hydrogen) atoms. The molecule has 1 aromatic heterocycles. The van der Waals surface area contributed by atoms with Crippen molar-refractivity contribution in [2.45, 2.75) is 19.3 Å². The quantitative estimate of drug-likeness (QED) is 0.457. The van der Waals surface area contributed by atoms with Crippen LogP contribution in [0.3, 0.4) is 0 Å². The van der Waals surface area contributed by atoms with Crippen LogP contribution in [-0.2, 0) is 9.84 Å². The van der Waals surface area contributed by atoms with E-state index in [0.29, 0.717) is 47.5 Å². The van der Waals surface area contributed by atoms with Crippen molar-refractivity contribution in [1.82, 2.24) is 15.1 Å². The van der Waals surface area contributed by atoms with Crippen molar-refractivity contribution in [3.63, 3.8) is 0 Å². The number of halogens is 1. The molecule has 1 unspecified atom stereocenters. The van der Waals surface area contributed by atoms with Crippen LogP contribution < -0.4 is 20.3 Å². The van der Waals surface area contributed by atoms with Crippen LogP contribution in [0.4, 0.5) is 15.9 Å². The Hall–Kier alpha value is -3.62. The van der Waals surface area contributed by atoms with Gasteiger partial charge in [0, 0.05) is 43.0 Å². The van der Waals surface area contributed by atoms with Crippen LogP contribution in [0.2, 0.25) is 0 Å². The van der Waals surface area contributed by atoms with Gasteiger partial charge < -0.3 is 20.3 Å². The topological polar surface area (TPSA) is 112 Å². The number of rotatable bonds is 7. The zero-order valence-corrected chi connectivity index (χ0v) is 22.8. The summed E-state index contributed by atoms with van der Waals surface area (Å²) in [7, 11) is -1.42. The number of ether oxygens (including phenoxy) is 1. The first-order chi connectivity index (χ1) is 18.9. The summed E-state index contributed by atoms with van der Waals surface area (Å²) in [6, 6.07) is 14.0. The minimum Gasteiger partial charge on any atom is -0.494 e. The van der Waals surface area contributed by atoms with E-state index >= 15 is 0 Å². The number of anilines is 2. The lowest BCUT2D eigenvalue weighted by Crippen LogP contribution is -2.40. The van der Waals surface area contributed by atoms with Crippen LogP contribution in [0, 0.1) is 23.1 Å². The molecule has 1 atom stereocenters. The van der Waals surface area contributed by atoms with Gasteiger partial charge in [-0.3, -0.25) is 0 Å². The standard InChI is InChI=1S/C28H33FN6O3S/c1-38-27-16-23(34-11-13-39(36,37)14-12-34)6-7-25(27)35-26(21-4-5-22(18-30)24(29)15-21)17-28(33-35)32-19-20-3-2-9-31-10-8-20/h4-7,15-17,20,31H,2-3,8-14,19H2,1H3,(H,32,33). The van der Waals surface area contributed by atoms with Crippen LogP contribution in [0.1, 0.15) is 24.8 Å².